The Bertz CT molecular complexity index is 342. The molecule has 0 saturated carbocycles. The van der Waals surface area contributed by atoms with Crippen LogP contribution in [0, 0.1) is 0 Å². The van der Waals surface area contributed by atoms with Gasteiger partial charge >= 0.3 is 24.5 Å². The number of aromatic nitrogens is 2. The van der Waals surface area contributed by atoms with Crippen molar-refractivity contribution in [3.63, 3.8) is 0 Å². The van der Waals surface area contributed by atoms with Crippen molar-refractivity contribution in [1.29, 1.82) is 0 Å². The van der Waals surface area contributed by atoms with E-state index in [-0.39, 0.29) is 0 Å². The van der Waals surface area contributed by atoms with Crippen LogP contribution in [-0.4, -0.2) is 28.4 Å². The van der Waals surface area contributed by atoms with E-state index in [4.69, 9.17) is 0 Å². The highest BCUT2D eigenvalue weighted by atomic mass is 19.4. The molecule has 1 atom stereocenters. The average molecular weight is 246 g/mol. The molecule has 1 rings (SSSR count). The van der Waals surface area contributed by atoms with Crippen molar-refractivity contribution >= 4 is 0 Å². The van der Waals surface area contributed by atoms with E-state index in [0.29, 0.717) is 0 Å². The van der Waals surface area contributed by atoms with Gasteiger partial charge in [-0.1, -0.05) is 0 Å². The molecule has 3 nitrogen and oxygen atoms in total. The molecule has 16 heavy (non-hydrogen) atoms. The molecular formula is C7H4F6N2O. The largest absolute Gasteiger partial charge is 0.466 e. The second-order valence-corrected chi connectivity index (χ2v) is 2.58. The Labute approximate surface area is 85.1 Å². The third-order valence-corrected chi connectivity index (χ3v) is 1.45. The fourth-order valence-corrected chi connectivity index (χ4v) is 0.697. The van der Waals surface area contributed by atoms with Gasteiger partial charge in [-0.05, 0) is 6.07 Å². The standard InChI is InChI=1S/C7H4F6N2O/c8-4(9)6(10,7(11,12)13)16-5-14-2-1-3-15-5/h1-4H. The Morgan fingerprint density at radius 1 is 1.06 bits per heavy atom. The van der Waals surface area contributed by atoms with Crippen LogP contribution in [0.3, 0.4) is 0 Å². The van der Waals surface area contributed by atoms with E-state index in [1.165, 1.54) is 6.07 Å². The van der Waals surface area contributed by atoms with Crippen LogP contribution in [0.15, 0.2) is 18.5 Å². The van der Waals surface area contributed by atoms with Crippen LogP contribution in [0.4, 0.5) is 26.3 Å². The minimum atomic E-state index is -5.89. The molecule has 0 aliphatic rings. The van der Waals surface area contributed by atoms with Gasteiger partial charge in [0.25, 0.3) is 0 Å². The highest BCUT2D eigenvalue weighted by Crippen LogP contribution is 2.39. The maximum Gasteiger partial charge on any atom is 0.466 e. The summed E-state index contributed by atoms with van der Waals surface area (Å²) in [4.78, 5) is 6.11. The monoisotopic (exact) mass is 246 g/mol. The number of rotatable bonds is 3. The number of nitrogens with zero attached hydrogens (tertiary/aromatic N) is 2. The highest BCUT2D eigenvalue weighted by molar-refractivity contribution is 4.98. The number of halogens is 6. The lowest BCUT2D eigenvalue weighted by Crippen LogP contribution is -2.52. The molecule has 0 N–H and O–H groups in total. The van der Waals surface area contributed by atoms with Gasteiger partial charge in [-0.2, -0.15) is 17.6 Å². The van der Waals surface area contributed by atoms with Crippen LogP contribution in [0.5, 0.6) is 6.01 Å². The van der Waals surface area contributed by atoms with Crippen LogP contribution in [0.1, 0.15) is 0 Å². The van der Waals surface area contributed by atoms with Crippen molar-refractivity contribution in [2.24, 2.45) is 0 Å². The Hall–Kier alpha value is -1.54. The molecule has 0 bridgehead atoms. The van der Waals surface area contributed by atoms with Crippen molar-refractivity contribution in [1.82, 2.24) is 9.97 Å². The van der Waals surface area contributed by atoms with Gasteiger partial charge in [0.2, 0.25) is 0 Å². The molecule has 1 aromatic heterocycles. The zero-order chi connectivity index (χ0) is 12.4. The Morgan fingerprint density at radius 3 is 1.94 bits per heavy atom. The van der Waals surface area contributed by atoms with E-state index in [9.17, 15) is 26.3 Å². The zero-order valence-corrected chi connectivity index (χ0v) is 7.38. The fourth-order valence-electron chi connectivity index (χ4n) is 0.697. The molecule has 9 heteroatoms. The topological polar surface area (TPSA) is 35.0 Å². The fraction of sp³-hybridized carbons (Fsp3) is 0.429. The molecule has 0 aliphatic heterocycles. The van der Waals surface area contributed by atoms with Crippen molar-refractivity contribution in [2.75, 3.05) is 0 Å². The van der Waals surface area contributed by atoms with Gasteiger partial charge in [0.15, 0.2) is 0 Å². The van der Waals surface area contributed by atoms with Crippen molar-refractivity contribution in [2.45, 2.75) is 18.5 Å². The van der Waals surface area contributed by atoms with E-state index in [0.717, 1.165) is 12.4 Å². The van der Waals surface area contributed by atoms with Gasteiger partial charge in [0.05, 0.1) is 0 Å². The number of hydrogen-bond acceptors (Lipinski definition) is 3. The number of alkyl halides is 6. The third-order valence-electron chi connectivity index (χ3n) is 1.45. The summed E-state index contributed by atoms with van der Waals surface area (Å²) in [5.41, 5.74) is 0. The predicted molar refractivity (Wildman–Crippen MR) is 38.6 cm³/mol. The van der Waals surface area contributed by atoms with E-state index in [2.05, 4.69) is 14.7 Å². The van der Waals surface area contributed by atoms with Gasteiger partial charge in [-0.15, -0.1) is 0 Å². The third kappa shape index (κ3) is 2.34. The molecule has 1 heterocycles. The van der Waals surface area contributed by atoms with Crippen molar-refractivity contribution in [3.8, 4) is 6.01 Å². The molecular weight excluding hydrogens is 242 g/mol. The summed E-state index contributed by atoms with van der Waals surface area (Å²) >= 11 is 0. The summed E-state index contributed by atoms with van der Waals surface area (Å²) in [6, 6.07) is 0.0746. The molecule has 0 amide bonds. The minimum absolute atomic E-state index is 0.921. The summed E-state index contributed by atoms with van der Waals surface area (Å²) in [6.45, 7) is 0. The highest BCUT2D eigenvalue weighted by Gasteiger charge is 2.66. The van der Waals surface area contributed by atoms with Crippen molar-refractivity contribution in [3.05, 3.63) is 18.5 Å². The normalized spacial score (nSPS) is 15.9. The van der Waals surface area contributed by atoms with Gasteiger partial charge in [0.1, 0.15) is 0 Å². The predicted octanol–water partition coefficient (Wildman–Crippen LogP) is 2.35. The first-order chi connectivity index (χ1) is 7.27. The molecule has 0 radical (unpaired) electrons. The maximum absolute atomic E-state index is 12.9. The average Bonchev–Trinajstić information content (AvgIpc) is 2.17. The molecule has 0 spiro atoms. The molecule has 1 aromatic rings. The van der Waals surface area contributed by atoms with Gasteiger partial charge < -0.3 is 4.74 Å². The second-order valence-electron chi connectivity index (χ2n) is 2.58. The summed E-state index contributed by atoms with van der Waals surface area (Å²) < 4.78 is 76.4. The SMILES string of the molecule is FC(F)C(F)(Oc1ncccn1)C(F)(F)F. The number of hydrogen-bond donors (Lipinski definition) is 0. The second kappa shape index (κ2) is 4.14. The first kappa shape index (κ1) is 12.5. The summed E-state index contributed by atoms with van der Waals surface area (Å²) in [6.07, 6.45) is -8.45. The van der Waals surface area contributed by atoms with Crippen LogP contribution in [0.2, 0.25) is 0 Å². The molecule has 0 saturated heterocycles. The van der Waals surface area contributed by atoms with E-state index >= 15 is 0 Å². The van der Waals surface area contributed by atoms with Gasteiger partial charge in [0, 0.05) is 12.4 Å². The van der Waals surface area contributed by atoms with Gasteiger partial charge in [-0.3, -0.25) is 0 Å². The molecule has 0 aromatic carbocycles. The summed E-state index contributed by atoms with van der Waals surface area (Å²) in [5.74, 6) is -5.12. The van der Waals surface area contributed by atoms with Crippen LogP contribution < -0.4 is 4.74 Å². The Morgan fingerprint density at radius 2 is 1.56 bits per heavy atom. The first-order valence-electron chi connectivity index (χ1n) is 3.77. The smallest absolute Gasteiger partial charge is 0.413 e. The van der Waals surface area contributed by atoms with Crippen LogP contribution in [-0.2, 0) is 0 Å². The number of ether oxygens (including phenoxy) is 1. The van der Waals surface area contributed by atoms with E-state index < -0.39 is 24.5 Å². The van der Waals surface area contributed by atoms with Crippen molar-refractivity contribution < 1.29 is 31.1 Å². The quantitative estimate of drug-likeness (QED) is 0.768. The molecule has 0 aliphatic carbocycles. The Balaban J connectivity index is 2.98. The molecule has 1 unspecified atom stereocenters. The van der Waals surface area contributed by atoms with Gasteiger partial charge in [-0.25, -0.2) is 18.7 Å². The maximum atomic E-state index is 12.9. The molecule has 0 fully saturated rings. The Kier molecular flexibility index (Phi) is 3.24. The van der Waals surface area contributed by atoms with Crippen LogP contribution >= 0.6 is 0 Å². The lowest BCUT2D eigenvalue weighted by atomic mass is 10.3. The van der Waals surface area contributed by atoms with E-state index in [1.54, 1.807) is 0 Å². The first-order valence-corrected chi connectivity index (χ1v) is 3.77. The van der Waals surface area contributed by atoms with Crippen LogP contribution in [0.25, 0.3) is 0 Å². The zero-order valence-electron chi connectivity index (χ0n) is 7.38. The lowest BCUT2D eigenvalue weighted by Gasteiger charge is -2.26. The lowest BCUT2D eigenvalue weighted by molar-refractivity contribution is -0.341. The molecule has 90 valence electrons. The summed E-state index contributed by atoms with van der Waals surface area (Å²) in [5, 5.41) is 0. The summed E-state index contributed by atoms with van der Waals surface area (Å²) in [7, 11) is 0. The van der Waals surface area contributed by atoms with E-state index in [1.807, 2.05) is 0 Å². The minimum Gasteiger partial charge on any atom is -0.413 e.